The van der Waals surface area contributed by atoms with Crippen molar-refractivity contribution in [2.75, 3.05) is 0 Å². The van der Waals surface area contributed by atoms with Gasteiger partial charge in [-0.2, -0.15) is 0 Å². The minimum atomic E-state index is -0.321. The average molecular weight is 185 g/mol. The highest BCUT2D eigenvalue weighted by molar-refractivity contribution is 6.30. The smallest absolute Gasteiger partial charge is 0.312 e. The van der Waals surface area contributed by atoms with Crippen LogP contribution in [0.15, 0.2) is 12.3 Å². The molecule has 12 heavy (non-hydrogen) atoms. The van der Waals surface area contributed by atoms with Crippen molar-refractivity contribution in [3.8, 4) is 5.88 Å². The van der Waals surface area contributed by atoms with Crippen LogP contribution in [-0.2, 0) is 4.79 Å². The SMILES string of the molecule is CCC(=O)Oc1c[c]c(Cl)cn1. The Labute approximate surface area is 75.3 Å². The van der Waals surface area contributed by atoms with Crippen molar-refractivity contribution in [2.45, 2.75) is 13.3 Å². The van der Waals surface area contributed by atoms with Gasteiger partial charge >= 0.3 is 5.97 Å². The van der Waals surface area contributed by atoms with Crippen LogP contribution in [0.5, 0.6) is 5.88 Å². The van der Waals surface area contributed by atoms with Gasteiger partial charge in [0.25, 0.3) is 0 Å². The molecule has 0 N–H and O–H groups in total. The van der Waals surface area contributed by atoms with Gasteiger partial charge in [-0.05, 0) is 0 Å². The molecule has 1 aromatic rings. The number of pyridine rings is 1. The molecule has 0 spiro atoms. The van der Waals surface area contributed by atoms with Gasteiger partial charge in [0, 0.05) is 18.6 Å². The van der Waals surface area contributed by atoms with Crippen LogP contribution in [0, 0.1) is 6.07 Å². The molecular formula is C8H7ClNO2. The van der Waals surface area contributed by atoms with Crippen LogP contribution in [0.3, 0.4) is 0 Å². The number of carbonyl (C=O) groups excluding carboxylic acids is 1. The third-order valence-corrected chi connectivity index (χ3v) is 1.35. The van der Waals surface area contributed by atoms with Crippen LogP contribution in [0.1, 0.15) is 13.3 Å². The van der Waals surface area contributed by atoms with E-state index >= 15 is 0 Å². The largest absolute Gasteiger partial charge is 0.407 e. The Morgan fingerprint density at radius 3 is 3.08 bits per heavy atom. The molecule has 0 bridgehead atoms. The Morgan fingerprint density at radius 2 is 2.58 bits per heavy atom. The van der Waals surface area contributed by atoms with E-state index in [-0.39, 0.29) is 11.8 Å². The molecule has 0 atom stereocenters. The number of carbonyl (C=O) groups is 1. The van der Waals surface area contributed by atoms with E-state index in [1.165, 1.54) is 12.3 Å². The van der Waals surface area contributed by atoms with E-state index in [0.717, 1.165) is 0 Å². The second-order valence-corrected chi connectivity index (χ2v) is 2.47. The predicted molar refractivity (Wildman–Crippen MR) is 44.0 cm³/mol. The molecular weight excluding hydrogens is 178 g/mol. The monoisotopic (exact) mass is 184 g/mol. The van der Waals surface area contributed by atoms with Crippen molar-refractivity contribution in [2.24, 2.45) is 0 Å². The summed E-state index contributed by atoms with van der Waals surface area (Å²) in [4.78, 5) is 14.5. The van der Waals surface area contributed by atoms with E-state index in [4.69, 9.17) is 16.3 Å². The molecule has 1 rings (SSSR count). The van der Waals surface area contributed by atoms with Crippen LogP contribution in [0.4, 0.5) is 0 Å². The Morgan fingerprint density at radius 1 is 1.83 bits per heavy atom. The molecule has 0 aromatic carbocycles. The first-order chi connectivity index (χ1) is 5.72. The third kappa shape index (κ3) is 2.51. The molecule has 0 unspecified atom stereocenters. The lowest BCUT2D eigenvalue weighted by molar-refractivity contribution is -0.134. The summed E-state index contributed by atoms with van der Waals surface area (Å²) in [6, 6.07) is 4.08. The molecule has 0 saturated carbocycles. The van der Waals surface area contributed by atoms with E-state index in [1.807, 2.05) is 0 Å². The Kier molecular flexibility index (Phi) is 3.05. The van der Waals surface area contributed by atoms with Crippen molar-refractivity contribution in [1.29, 1.82) is 0 Å². The maximum atomic E-state index is 10.8. The van der Waals surface area contributed by atoms with E-state index in [1.54, 1.807) is 6.92 Å². The Balaban J connectivity index is 2.64. The number of halogens is 1. The van der Waals surface area contributed by atoms with E-state index in [0.29, 0.717) is 11.4 Å². The second-order valence-electron chi connectivity index (χ2n) is 2.06. The molecule has 63 valence electrons. The first-order valence-electron chi connectivity index (χ1n) is 3.46. The lowest BCUT2D eigenvalue weighted by Crippen LogP contribution is -2.06. The molecule has 0 saturated heterocycles. The number of aromatic nitrogens is 1. The van der Waals surface area contributed by atoms with Gasteiger partial charge in [0.05, 0.1) is 11.2 Å². The lowest BCUT2D eigenvalue weighted by Gasteiger charge is -1.99. The third-order valence-electron chi connectivity index (χ3n) is 1.15. The summed E-state index contributed by atoms with van der Waals surface area (Å²) < 4.78 is 4.78. The lowest BCUT2D eigenvalue weighted by atomic mass is 10.5. The number of rotatable bonds is 2. The zero-order chi connectivity index (χ0) is 8.97. The van der Waals surface area contributed by atoms with Gasteiger partial charge in [0.2, 0.25) is 5.88 Å². The summed E-state index contributed by atoms with van der Waals surface area (Å²) in [5.74, 6) is -0.0931. The van der Waals surface area contributed by atoms with Crippen molar-refractivity contribution >= 4 is 17.6 Å². The van der Waals surface area contributed by atoms with E-state index < -0.39 is 0 Å². The summed E-state index contributed by atoms with van der Waals surface area (Å²) in [6.45, 7) is 1.71. The Hall–Kier alpha value is -1.09. The number of ether oxygens (including phenoxy) is 1. The zero-order valence-corrected chi connectivity index (χ0v) is 7.26. The van der Waals surface area contributed by atoms with Crippen LogP contribution >= 0.6 is 11.6 Å². The van der Waals surface area contributed by atoms with Gasteiger partial charge in [-0.15, -0.1) is 0 Å². The fraction of sp³-hybridized carbons (Fsp3) is 0.250. The summed E-state index contributed by atoms with van der Waals surface area (Å²) in [6.07, 6.45) is 1.70. The van der Waals surface area contributed by atoms with Crippen LogP contribution in [0.25, 0.3) is 0 Å². The second kappa shape index (κ2) is 4.07. The van der Waals surface area contributed by atoms with Crippen molar-refractivity contribution in [1.82, 2.24) is 4.98 Å². The normalized spacial score (nSPS) is 9.50. The van der Waals surface area contributed by atoms with Crippen LogP contribution in [0.2, 0.25) is 5.02 Å². The topological polar surface area (TPSA) is 39.2 Å². The van der Waals surface area contributed by atoms with Gasteiger partial charge in [-0.1, -0.05) is 18.5 Å². The minimum absolute atomic E-state index is 0.228. The molecule has 1 aromatic heterocycles. The number of esters is 1. The summed E-state index contributed by atoms with van der Waals surface area (Å²) in [5, 5.41) is 0.395. The highest BCUT2D eigenvalue weighted by atomic mass is 35.5. The van der Waals surface area contributed by atoms with Gasteiger partial charge in [0.1, 0.15) is 0 Å². The molecule has 4 heteroatoms. The predicted octanol–water partition coefficient (Wildman–Crippen LogP) is 1.85. The van der Waals surface area contributed by atoms with Crippen molar-refractivity contribution < 1.29 is 9.53 Å². The quantitative estimate of drug-likeness (QED) is 0.659. The first kappa shape index (κ1) is 9.00. The van der Waals surface area contributed by atoms with Crippen molar-refractivity contribution in [3.05, 3.63) is 23.4 Å². The first-order valence-corrected chi connectivity index (χ1v) is 3.84. The highest BCUT2D eigenvalue weighted by Crippen LogP contribution is 2.10. The van der Waals surface area contributed by atoms with E-state index in [9.17, 15) is 4.79 Å². The van der Waals surface area contributed by atoms with Crippen molar-refractivity contribution in [3.63, 3.8) is 0 Å². The fourth-order valence-corrected chi connectivity index (χ4v) is 0.673. The molecule has 0 aliphatic carbocycles. The number of hydrogen-bond acceptors (Lipinski definition) is 3. The Bertz CT molecular complexity index is 271. The standard InChI is InChI=1S/C8H7ClNO2/c1-2-8(11)12-7-4-3-6(9)5-10-7/h4-5H,2H2,1H3. The van der Waals surface area contributed by atoms with Gasteiger partial charge in [0.15, 0.2) is 0 Å². The molecule has 0 aliphatic rings. The van der Waals surface area contributed by atoms with E-state index in [2.05, 4.69) is 11.1 Å². The molecule has 1 heterocycles. The number of nitrogens with zero attached hydrogens (tertiary/aromatic N) is 1. The maximum absolute atomic E-state index is 10.8. The van der Waals surface area contributed by atoms with Gasteiger partial charge in [-0.25, -0.2) is 4.98 Å². The molecule has 0 amide bonds. The molecule has 1 radical (unpaired) electrons. The fourth-order valence-electron chi connectivity index (χ4n) is 0.570. The zero-order valence-electron chi connectivity index (χ0n) is 6.50. The average Bonchev–Trinajstić information content (AvgIpc) is 2.09. The van der Waals surface area contributed by atoms with Gasteiger partial charge in [-0.3, -0.25) is 4.79 Å². The van der Waals surface area contributed by atoms with Gasteiger partial charge < -0.3 is 4.74 Å². The molecule has 0 fully saturated rings. The minimum Gasteiger partial charge on any atom is -0.407 e. The maximum Gasteiger partial charge on any atom is 0.312 e. The highest BCUT2D eigenvalue weighted by Gasteiger charge is 2.01. The summed E-state index contributed by atoms with van der Waals surface area (Å²) in [7, 11) is 0. The molecule has 0 aliphatic heterocycles. The summed E-state index contributed by atoms with van der Waals surface area (Å²) in [5.41, 5.74) is 0. The van der Waals surface area contributed by atoms with Crippen LogP contribution < -0.4 is 4.74 Å². The summed E-state index contributed by atoms with van der Waals surface area (Å²) >= 11 is 5.52. The number of hydrogen-bond donors (Lipinski definition) is 0. The molecule has 3 nitrogen and oxygen atoms in total. The van der Waals surface area contributed by atoms with Crippen LogP contribution in [-0.4, -0.2) is 11.0 Å².